The number of fused-ring (bicyclic) bond motifs is 5. The highest BCUT2D eigenvalue weighted by Crippen LogP contribution is 2.46. The maximum Gasteiger partial charge on any atom is 0.137 e. The van der Waals surface area contributed by atoms with Crippen LogP contribution < -0.4 is 4.90 Å². The molecule has 244 valence electrons. The van der Waals surface area contributed by atoms with Gasteiger partial charge in [0.05, 0.1) is 16.8 Å². The van der Waals surface area contributed by atoms with Gasteiger partial charge in [0.2, 0.25) is 0 Å². The number of rotatable bonds is 6. The van der Waals surface area contributed by atoms with E-state index >= 15 is 0 Å². The van der Waals surface area contributed by atoms with Gasteiger partial charge in [-0.1, -0.05) is 158 Å². The molecular weight excluding hydrogens is 631 g/mol. The van der Waals surface area contributed by atoms with Crippen molar-refractivity contribution in [2.24, 2.45) is 0 Å². The van der Waals surface area contributed by atoms with Crippen molar-refractivity contribution in [1.82, 2.24) is 0 Å². The average molecular weight is 664 g/mol. The summed E-state index contributed by atoms with van der Waals surface area (Å²) in [7, 11) is 0. The minimum absolute atomic E-state index is 0.870. The van der Waals surface area contributed by atoms with Crippen LogP contribution in [-0.4, -0.2) is 0 Å². The highest BCUT2D eigenvalue weighted by atomic mass is 16.3. The molecule has 0 radical (unpaired) electrons. The Labute approximate surface area is 302 Å². The molecule has 1 aromatic heterocycles. The van der Waals surface area contributed by atoms with Crippen molar-refractivity contribution in [3.05, 3.63) is 200 Å². The Morgan fingerprint density at radius 1 is 0.327 bits per heavy atom. The van der Waals surface area contributed by atoms with E-state index in [0.29, 0.717) is 0 Å². The van der Waals surface area contributed by atoms with E-state index in [4.69, 9.17) is 4.42 Å². The first kappa shape index (κ1) is 30.0. The summed E-state index contributed by atoms with van der Waals surface area (Å²) >= 11 is 0. The number of anilines is 3. The number of benzene rings is 9. The molecule has 2 nitrogen and oxygen atoms in total. The van der Waals surface area contributed by atoms with Gasteiger partial charge in [0.1, 0.15) is 11.2 Å². The van der Waals surface area contributed by atoms with E-state index in [1.165, 1.54) is 49.4 Å². The summed E-state index contributed by atoms with van der Waals surface area (Å²) in [5, 5.41) is 7.18. The van der Waals surface area contributed by atoms with Gasteiger partial charge >= 0.3 is 0 Å². The molecule has 0 aliphatic carbocycles. The first-order valence-electron chi connectivity index (χ1n) is 17.8. The zero-order valence-electron chi connectivity index (χ0n) is 28.4. The molecule has 0 atom stereocenters. The molecule has 0 amide bonds. The van der Waals surface area contributed by atoms with E-state index in [-0.39, 0.29) is 0 Å². The predicted molar refractivity (Wildman–Crippen MR) is 220 cm³/mol. The molecule has 2 heteroatoms. The lowest BCUT2D eigenvalue weighted by Crippen LogP contribution is -2.11. The molecule has 0 aliphatic rings. The van der Waals surface area contributed by atoms with E-state index in [1.807, 2.05) is 12.1 Å². The molecule has 0 saturated carbocycles. The van der Waals surface area contributed by atoms with Crippen LogP contribution in [0.15, 0.2) is 205 Å². The van der Waals surface area contributed by atoms with Crippen LogP contribution in [0, 0.1) is 0 Å². The quantitative estimate of drug-likeness (QED) is 0.176. The molecule has 9 aromatic carbocycles. The summed E-state index contributed by atoms with van der Waals surface area (Å²) in [5.41, 5.74) is 12.1. The van der Waals surface area contributed by atoms with Crippen LogP contribution in [0.4, 0.5) is 17.1 Å². The van der Waals surface area contributed by atoms with Crippen LogP contribution in [0.25, 0.3) is 76.9 Å². The van der Waals surface area contributed by atoms with Crippen LogP contribution in [-0.2, 0) is 0 Å². The first-order valence-corrected chi connectivity index (χ1v) is 17.8. The van der Waals surface area contributed by atoms with Gasteiger partial charge in [-0.2, -0.15) is 0 Å². The minimum Gasteiger partial charge on any atom is -0.456 e. The normalized spacial score (nSPS) is 11.5. The molecular formula is C50H33NO. The number of para-hydroxylation sites is 2. The number of furan rings is 1. The van der Waals surface area contributed by atoms with Gasteiger partial charge in [-0.3, -0.25) is 0 Å². The van der Waals surface area contributed by atoms with Gasteiger partial charge < -0.3 is 9.32 Å². The summed E-state index contributed by atoms with van der Waals surface area (Å²) in [6.45, 7) is 0. The second-order valence-electron chi connectivity index (χ2n) is 13.3. The SMILES string of the molecule is c1ccc(N(c2ccc(-c3ccc(-c4cccc5ccccc45)cc3)cc2)c2cccc3oc4ccccc4c23)c(-c2ccc3ccccc3c2)c1. The third kappa shape index (κ3) is 5.12. The second-order valence-corrected chi connectivity index (χ2v) is 13.3. The third-order valence-corrected chi connectivity index (χ3v) is 10.3. The van der Waals surface area contributed by atoms with Gasteiger partial charge in [0, 0.05) is 16.6 Å². The van der Waals surface area contributed by atoms with Crippen LogP contribution >= 0.6 is 0 Å². The van der Waals surface area contributed by atoms with Crippen molar-refractivity contribution in [3.8, 4) is 33.4 Å². The van der Waals surface area contributed by atoms with Crippen LogP contribution in [0.3, 0.4) is 0 Å². The molecule has 0 aliphatic heterocycles. The first-order chi connectivity index (χ1) is 25.8. The van der Waals surface area contributed by atoms with E-state index in [0.717, 1.165) is 44.6 Å². The maximum atomic E-state index is 6.39. The van der Waals surface area contributed by atoms with E-state index < -0.39 is 0 Å². The Bertz CT molecular complexity index is 2890. The molecule has 0 fully saturated rings. The molecule has 1 heterocycles. The van der Waals surface area contributed by atoms with Crippen molar-refractivity contribution in [3.63, 3.8) is 0 Å². The van der Waals surface area contributed by atoms with Gasteiger partial charge in [0.25, 0.3) is 0 Å². The van der Waals surface area contributed by atoms with Crippen molar-refractivity contribution in [2.75, 3.05) is 4.90 Å². The predicted octanol–water partition coefficient (Wildman–Crippen LogP) is 14.4. The zero-order valence-corrected chi connectivity index (χ0v) is 28.4. The molecule has 10 aromatic rings. The fourth-order valence-electron chi connectivity index (χ4n) is 7.74. The molecule has 0 unspecified atom stereocenters. The monoisotopic (exact) mass is 663 g/mol. The van der Waals surface area contributed by atoms with E-state index in [1.54, 1.807) is 0 Å². The van der Waals surface area contributed by atoms with Crippen LogP contribution in [0.5, 0.6) is 0 Å². The Kier molecular flexibility index (Phi) is 7.18. The lowest BCUT2D eigenvalue weighted by molar-refractivity contribution is 0.669. The molecule has 10 rings (SSSR count). The summed E-state index contributed by atoms with van der Waals surface area (Å²) in [6.07, 6.45) is 0. The average Bonchev–Trinajstić information content (AvgIpc) is 3.61. The summed E-state index contributed by atoms with van der Waals surface area (Å²) in [5.74, 6) is 0. The summed E-state index contributed by atoms with van der Waals surface area (Å²) < 4.78 is 6.39. The Morgan fingerprint density at radius 3 is 1.73 bits per heavy atom. The molecule has 0 N–H and O–H groups in total. The van der Waals surface area contributed by atoms with E-state index in [2.05, 4.69) is 193 Å². The molecule has 52 heavy (non-hydrogen) atoms. The van der Waals surface area contributed by atoms with Crippen molar-refractivity contribution >= 4 is 60.5 Å². The third-order valence-electron chi connectivity index (χ3n) is 10.3. The van der Waals surface area contributed by atoms with Crippen molar-refractivity contribution in [1.29, 1.82) is 0 Å². The zero-order chi connectivity index (χ0) is 34.4. The fraction of sp³-hybridized carbons (Fsp3) is 0. The standard InChI is InChI=1S/C50H33NO/c1-2-13-39-33-40(28-25-34(39)11-1)44-16-5-7-19-46(44)51(47-20-10-22-49-50(47)45-17-6-8-21-48(45)52-49)41-31-29-36(30-32-41)35-23-26-38(27-24-35)43-18-9-14-37-12-3-4-15-42(37)43/h1-33H. The highest BCUT2D eigenvalue weighted by Gasteiger charge is 2.22. The summed E-state index contributed by atoms with van der Waals surface area (Å²) in [4.78, 5) is 2.39. The maximum absolute atomic E-state index is 6.39. The van der Waals surface area contributed by atoms with Gasteiger partial charge in [0.15, 0.2) is 0 Å². The lowest BCUT2D eigenvalue weighted by atomic mass is 9.96. The largest absolute Gasteiger partial charge is 0.456 e. The Morgan fingerprint density at radius 2 is 0.885 bits per heavy atom. The van der Waals surface area contributed by atoms with Crippen molar-refractivity contribution < 1.29 is 4.42 Å². The van der Waals surface area contributed by atoms with Crippen LogP contribution in [0.1, 0.15) is 0 Å². The minimum atomic E-state index is 0.870. The van der Waals surface area contributed by atoms with Gasteiger partial charge in [-0.25, -0.2) is 0 Å². The van der Waals surface area contributed by atoms with Crippen LogP contribution in [0.2, 0.25) is 0 Å². The fourth-order valence-corrected chi connectivity index (χ4v) is 7.74. The number of hydrogen-bond donors (Lipinski definition) is 0. The van der Waals surface area contributed by atoms with Gasteiger partial charge in [-0.05, 0) is 91.8 Å². The van der Waals surface area contributed by atoms with E-state index in [9.17, 15) is 0 Å². The summed E-state index contributed by atoms with van der Waals surface area (Å²) in [6, 6.07) is 71.7. The second kappa shape index (κ2) is 12.5. The molecule has 0 spiro atoms. The van der Waals surface area contributed by atoms with Gasteiger partial charge in [-0.15, -0.1) is 0 Å². The Hall–Kier alpha value is -6.90. The Balaban J connectivity index is 1.10. The molecule has 0 saturated heterocycles. The number of hydrogen-bond acceptors (Lipinski definition) is 2. The molecule has 0 bridgehead atoms. The van der Waals surface area contributed by atoms with Crippen molar-refractivity contribution in [2.45, 2.75) is 0 Å². The number of nitrogens with zero attached hydrogens (tertiary/aromatic N) is 1. The topological polar surface area (TPSA) is 16.4 Å². The highest BCUT2D eigenvalue weighted by molar-refractivity contribution is 6.14. The lowest BCUT2D eigenvalue weighted by Gasteiger charge is -2.28. The smallest absolute Gasteiger partial charge is 0.137 e.